The van der Waals surface area contributed by atoms with Gasteiger partial charge in [0.2, 0.25) is 5.91 Å². The molecule has 0 bridgehead atoms. The summed E-state index contributed by atoms with van der Waals surface area (Å²) in [5.74, 6) is 0.518. The van der Waals surface area contributed by atoms with Gasteiger partial charge in [-0.2, -0.15) is 0 Å². The molecular formula is C29H35N5O2. The predicted octanol–water partition coefficient (Wildman–Crippen LogP) is 4.17. The van der Waals surface area contributed by atoms with Gasteiger partial charge in [0.05, 0.1) is 5.69 Å². The van der Waals surface area contributed by atoms with Crippen LogP contribution >= 0.6 is 0 Å². The van der Waals surface area contributed by atoms with Crippen LogP contribution in [0.25, 0.3) is 22.3 Å². The zero-order chi connectivity index (χ0) is 24.5. The van der Waals surface area contributed by atoms with Crippen molar-refractivity contribution >= 4 is 16.9 Å². The number of aromatic nitrogens is 3. The molecule has 3 aliphatic rings. The van der Waals surface area contributed by atoms with Crippen molar-refractivity contribution in [3.63, 3.8) is 0 Å². The molecule has 2 aromatic heterocycles. The molecule has 3 fully saturated rings. The van der Waals surface area contributed by atoms with Gasteiger partial charge in [0.1, 0.15) is 12.0 Å². The van der Waals surface area contributed by atoms with E-state index in [0.717, 1.165) is 87.6 Å². The fourth-order valence-corrected chi connectivity index (χ4v) is 6.16. The number of rotatable bonds is 6. The summed E-state index contributed by atoms with van der Waals surface area (Å²) < 4.78 is 5.54. The summed E-state index contributed by atoms with van der Waals surface area (Å²) in [5.41, 5.74) is 6.05. The lowest BCUT2D eigenvalue weighted by Crippen LogP contribution is -2.61. The van der Waals surface area contributed by atoms with Crippen molar-refractivity contribution in [2.45, 2.75) is 38.0 Å². The fraction of sp³-hybridized carbons (Fsp3) is 0.483. The molecule has 7 nitrogen and oxygen atoms in total. The standard InChI is InChI=1S/C29H35N5O2/c1-2-26(35)34-18-29(19-34)10-13-33(14-11-29)12-7-21-3-5-22(6-4-21)25-17-24-27(23-8-15-36-16-9-23)30-20-31-28(24)32-25/h2-6,17,20,23H,1,7-16,18-19H2,(H,30,31,32). The smallest absolute Gasteiger partial charge is 0.245 e. The summed E-state index contributed by atoms with van der Waals surface area (Å²) in [6.45, 7) is 10.4. The molecule has 5 heterocycles. The molecule has 1 amide bonds. The van der Waals surface area contributed by atoms with E-state index in [0.29, 0.717) is 11.3 Å². The predicted molar refractivity (Wildman–Crippen MR) is 141 cm³/mol. The number of amides is 1. The highest BCUT2D eigenvalue weighted by atomic mass is 16.5. The molecule has 0 atom stereocenters. The second kappa shape index (κ2) is 9.79. The first-order valence-corrected chi connectivity index (χ1v) is 13.3. The topological polar surface area (TPSA) is 74.3 Å². The van der Waals surface area contributed by atoms with Crippen LogP contribution in [0.5, 0.6) is 0 Å². The van der Waals surface area contributed by atoms with Crippen LogP contribution < -0.4 is 0 Å². The Hall–Kier alpha value is -3.03. The highest BCUT2D eigenvalue weighted by molar-refractivity contribution is 5.87. The SMILES string of the molecule is C=CC(=O)N1CC2(CCN(CCc3ccc(-c4cc5c(C6CCOCC6)ncnc5[nH]4)cc3)CC2)C1. The molecule has 3 aromatic rings. The Morgan fingerprint density at radius 3 is 2.61 bits per heavy atom. The first-order valence-electron chi connectivity index (χ1n) is 13.3. The molecule has 188 valence electrons. The van der Waals surface area contributed by atoms with E-state index in [9.17, 15) is 4.79 Å². The summed E-state index contributed by atoms with van der Waals surface area (Å²) in [4.78, 5) is 28.9. The molecule has 1 aromatic carbocycles. The van der Waals surface area contributed by atoms with Gasteiger partial charge in [-0.1, -0.05) is 30.8 Å². The number of benzene rings is 1. The number of fused-ring (bicyclic) bond motifs is 1. The number of piperidine rings is 1. The van der Waals surface area contributed by atoms with Crippen LogP contribution in [-0.4, -0.2) is 76.6 Å². The summed E-state index contributed by atoms with van der Waals surface area (Å²) in [7, 11) is 0. The first-order chi connectivity index (χ1) is 17.6. The minimum absolute atomic E-state index is 0.0756. The van der Waals surface area contributed by atoms with E-state index in [1.807, 2.05) is 4.90 Å². The van der Waals surface area contributed by atoms with Gasteiger partial charge in [-0.3, -0.25) is 4.79 Å². The highest BCUT2D eigenvalue weighted by Crippen LogP contribution is 2.40. The minimum Gasteiger partial charge on any atom is -0.381 e. The van der Waals surface area contributed by atoms with E-state index in [4.69, 9.17) is 4.74 Å². The number of carbonyl (C=O) groups excluding carboxylic acids is 1. The number of hydrogen-bond donors (Lipinski definition) is 1. The molecule has 7 heteroatoms. The van der Waals surface area contributed by atoms with Crippen molar-refractivity contribution in [3.05, 3.63) is 60.6 Å². The van der Waals surface area contributed by atoms with Crippen LogP contribution in [0.4, 0.5) is 0 Å². The average molecular weight is 486 g/mol. The van der Waals surface area contributed by atoms with Crippen LogP contribution in [0.2, 0.25) is 0 Å². The Labute approximate surface area is 212 Å². The number of carbonyl (C=O) groups is 1. The summed E-state index contributed by atoms with van der Waals surface area (Å²) >= 11 is 0. The number of aromatic amines is 1. The molecule has 36 heavy (non-hydrogen) atoms. The first kappa shape index (κ1) is 23.4. The van der Waals surface area contributed by atoms with Gasteiger partial charge in [-0.05, 0) is 68.5 Å². The quantitative estimate of drug-likeness (QED) is 0.531. The van der Waals surface area contributed by atoms with E-state index in [2.05, 4.69) is 56.8 Å². The maximum atomic E-state index is 11.8. The molecule has 0 aliphatic carbocycles. The molecule has 0 radical (unpaired) electrons. The van der Waals surface area contributed by atoms with E-state index < -0.39 is 0 Å². The monoisotopic (exact) mass is 485 g/mol. The van der Waals surface area contributed by atoms with Crippen molar-refractivity contribution < 1.29 is 9.53 Å². The van der Waals surface area contributed by atoms with Crippen LogP contribution in [-0.2, 0) is 16.0 Å². The summed E-state index contributed by atoms with van der Waals surface area (Å²) in [6.07, 6.45) is 8.59. The summed E-state index contributed by atoms with van der Waals surface area (Å²) in [5, 5.41) is 1.13. The molecule has 0 unspecified atom stereocenters. The van der Waals surface area contributed by atoms with E-state index in [-0.39, 0.29) is 5.91 Å². The highest BCUT2D eigenvalue weighted by Gasteiger charge is 2.45. The molecule has 6 rings (SSSR count). The van der Waals surface area contributed by atoms with Crippen molar-refractivity contribution in [3.8, 4) is 11.3 Å². The lowest BCUT2D eigenvalue weighted by molar-refractivity contribution is -0.141. The van der Waals surface area contributed by atoms with Gasteiger partial charge in [0.15, 0.2) is 0 Å². The number of hydrogen-bond acceptors (Lipinski definition) is 5. The van der Waals surface area contributed by atoms with E-state index in [1.165, 1.54) is 30.0 Å². The third-order valence-electron chi connectivity index (χ3n) is 8.50. The zero-order valence-electron chi connectivity index (χ0n) is 20.9. The zero-order valence-corrected chi connectivity index (χ0v) is 20.9. The Kier molecular flexibility index (Phi) is 6.36. The third kappa shape index (κ3) is 4.58. The van der Waals surface area contributed by atoms with E-state index in [1.54, 1.807) is 6.33 Å². The lowest BCUT2D eigenvalue weighted by Gasteiger charge is -2.53. The van der Waals surface area contributed by atoms with Crippen molar-refractivity contribution in [2.75, 3.05) is 45.9 Å². The maximum absolute atomic E-state index is 11.8. The second-order valence-electron chi connectivity index (χ2n) is 10.8. The normalized spacial score (nSPS) is 20.5. The van der Waals surface area contributed by atoms with Gasteiger partial charge in [-0.25, -0.2) is 9.97 Å². The Morgan fingerprint density at radius 2 is 1.89 bits per heavy atom. The van der Waals surface area contributed by atoms with Gasteiger partial charge >= 0.3 is 0 Å². The van der Waals surface area contributed by atoms with Gasteiger partial charge < -0.3 is 19.5 Å². The fourth-order valence-electron chi connectivity index (χ4n) is 6.16. The van der Waals surface area contributed by atoms with Crippen LogP contribution in [0.1, 0.15) is 42.9 Å². The molecule has 3 aliphatic heterocycles. The second-order valence-corrected chi connectivity index (χ2v) is 10.8. The third-order valence-corrected chi connectivity index (χ3v) is 8.50. The van der Waals surface area contributed by atoms with E-state index >= 15 is 0 Å². The molecule has 0 saturated carbocycles. The number of nitrogens with one attached hydrogen (secondary N) is 1. The molecule has 1 spiro atoms. The number of nitrogens with zero attached hydrogens (tertiary/aromatic N) is 4. The van der Waals surface area contributed by atoms with Crippen LogP contribution in [0.15, 0.2) is 49.3 Å². The molecular weight excluding hydrogens is 450 g/mol. The van der Waals surface area contributed by atoms with Crippen molar-refractivity contribution in [2.24, 2.45) is 5.41 Å². The Balaban J connectivity index is 1.05. The van der Waals surface area contributed by atoms with Gasteiger partial charge in [-0.15, -0.1) is 0 Å². The van der Waals surface area contributed by atoms with Gasteiger partial charge in [0.25, 0.3) is 0 Å². The lowest BCUT2D eigenvalue weighted by atomic mass is 9.72. The number of H-pyrrole nitrogens is 1. The number of likely N-dealkylation sites (tertiary alicyclic amines) is 2. The largest absolute Gasteiger partial charge is 0.381 e. The van der Waals surface area contributed by atoms with Crippen LogP contribution in [0.3, 0.4) is 0 Å². The molecule has 1 N–H and O–H groups in total. The summed E-state index contributed by atoms with van der Waals surface area (Å²) in [6, 6.07) is 11.1. The number of ether oxygens (including phenoxy) is 1. The van der Waals surface area contributed by atoms with Crippen LogP contribution in [0, 0.1) is 5.41 Å². The Morgan fingerprint density at radius 1 is 1.14 bits per heavy atom. The molecule has 3 saturated heterocycles. The van der Waals surface area contributed by atoms with Gasteiger partial charge in [0, 0.05) is 55.3 Å². The van der Waals surface area contributed by atoms with Crippen molar-refractivity contribution in [1.82, 2.24) is 24.8 Å². The average Bonchev–Trinajstić information content (AvgIpc) is 3.36. The minimum atomic E-state index is 0.0756. The van der Waals surface area contributed by atoms with Crippen molar-refractivity contribution in [1.29, 1.82) is 0 Å². The Bertz CT molecular complexity index is 1230. The maximum Gasteiger partial charge on any atom is 0.245 e.